The Kier molecular flexibility index (Phi) is 3.38. The van der Waals surface area contributed by atoms with Gasteiger partial charge >= 0.3 is 0 Å². The highest BCUT2D eigenvalue weighted by Crippen LogP contribution is 1.73. The van der Waals surface area contributed by atoms with E-state index in [4.69, 9.17) is 11.5 Å². The third kappa shape index (κ3) is 4.76. The fraction of sp³-hybridized carbons (Fsp3) is 0.500. The molecule has 0 aromatic carbocycles. The molecule has 0 saturated carbocycles. The van der Waals surface area contributed by atoms with Crippen LogP contribution in [0.5, 0.6) is 0 Å². The minimum atomic E-state index is -0.475. The zero-order chi connectivity index (χ0) is 7.28. The lowest BCUT2D eigenvalue weighted by atomic mass is 10.7. The van der Waals surface area contributed by atoms with Gasteiger partial charge in [-0.05, 0) is 0 Å². The molecule has 0 fully saturated rings. The van der Waals surface area contributed by atoms with Gasteiger partial charge < -0.3 is 16.2 Å². The van der Waals surface area contributed by atoms with Crippen LogP contribution < -0.4 is 11.5 Å². The average molecular weight is 131 g/mol. The molecule has 0 unspecified atom stereocenters. The van der Waals surface area contributed by atoms with E-state index < -0.39 is 5.91 Å². The van der Waals surface area contributed by atoms with Gasteiger partial charge in [-0.2, -0.15) is 4.99 Å². The number of rotatable bonds is 2. The molecular weight excluding hydrogens is 122 g/mol. The Bertz CT molecular complexity index is 128. The zero-order valence-corrected chi connectivity index (χ0v) is 5.13. The first-order valence-corrected chi connectivity index (χ1v) is 2.28. The SMILES string of the molecule is COCC(=O)N=C(N)N. The highest BCUT2D eigenvalue weighted by Gasteiger charge is 1.95. The first-order chi connectivity index (χ1) is 4.16. The van der Waals surface area contributed by atoms with Gasteiger partial charge in [0.25, 0.3) is 5.91 Å². The average Bonchev–Trinajstić information content (AvgIpc) is 1.63. The summed E-state index contributed by atoms with van der Waals surface area (Å²) in [6.07, 6.45) is 0. The monoisotopic (exact) mass is 131 g/mol. The van der Waals surface area contributed by atoms with Gasteiger partial charge in [0.15, 0.2) is 5.96 Å². The lowest BCUT2D eigenvalue weighted by molar-refractivity contribution is -0.121. The van der Waals surface area contributed by atoms with Crippen molar-refractivity contribution in [3.05, 3.63) is 0 Å². The predicted molar refractivity (Wildman–Crippen MR) is 32.7 cm³/mol. The molecule has 0 spiro atoms. The predicted octanol–water partition coefficient (Wildman–Crippen LogP) is -1.57. The van der Waals surface area contributed by atoms with Gasteiger partial charge in [0, 0.05) is 7.11 Å². The molecule has 0 aromatic heterocycles. The lowest BCUT2D eigenvalue weighted by Crippen LogP contribution is -2.25. The minimum absolute atomic E-state index is 0.0854. The maximum Gasteiger partial charge on any atom is 0.274 e. The summed E-state index contributed by atoms with van der Waals surface area (Å²) >= 11 is 0. The van der Waals surface area contributed by atoms with E-state index in [1.54, 1.807) is 0 Å². The van der Waals surface area contributed by atoms with Crippen LogP contribution in [0.15, 0.2) is 4.99 Å². The second kappa shape index (κ2) is 3.85. The molecule has 52 valence electrons. The van der Waals surface area contributed by atoms with Crippen LogP contribution in [0.1, 0.15) is 0 Å². The first-order valence-electron chi connectivity index (χ1n) is 2.28. The second-order valence-electron chi connectivity index (χ2n) is 1.36. The molecular formula is C4H9N3O2. The number of ether oxygens (including phenoxy) is 1. The Hall–Kier alpha value is -1.10. The van der Waals surface area contributed by atoms with Gasteiger partial charge in [-0.15, -0.1) is 0 Å². The minimum Gasteiger partial charge on any atom is -0.375 e. The molecule has 0 atom stereocenters. The van der Waals surface area contributed by atoms with E-state index in [1.165, 1.54) is 7.11 Å². The van der Waals surface area contributed by atoms with Gasteiger partial charge in [-0.3, -0.25) is 4.79 Å². The van der Waals surface area contributed by atoms with Gasteiger partial charge in [-0.1, -0.05) is 0 Å². The molecule has 0 aliphatic carbocycles. The number of carbonyl (C=O) groups is 1. The number of hydrogen-bond acceptors (Lipinski definition) is 2. The third-order valence-electron chi connectivity index (χ3n) is 0.522. The summed E-state index contributed by atoms with van der Waals surface area (Å²) in [7, 11) is 1.39. The van der Waals surface area contributed by atoms with Crippen LogP contribution in [0.25, 0.3) is 0 Å². The number of amides is 1. The highest BCUT2D eigenvalue weighted by atomic mass is 16.5. The number of hydrogen-bond donors (Lipinski definition) is 2. The van der Waals surface area contributed by atoms with Crippen LogP contribution in [0.3, 0.4) is 0 Å². The summed E-state index contributed by atoms with van der Waals surface area (Å²) in [6, 6.07) is 0. The molecule has 0 rings (SSSR count). The van der Waals surface area contributed by atoms with E-state index >= 15 is 0 Å². The summed E-state index contributed by atoms with van der Waals surface area (Å²) < 4.78 is 4.44. The van der Waals surface area contributed by atoms with Crippen molar-refractivity contribution in [2.75, 3.05) is 13.7 Å². The zero-order valence-electron chi connectivity index (χ0n) is 5.13. The molecule has 0 saturated heterocycles. The van der Waals surface area contributed by atoms with E-state index in [1.807, 2.05) is 0 Å². The van der Waals surface area contributed by atoms with Crippen LogP contribution in [-0.4, -0.2) is 25.6 Å². The first kappa shape index (κ1) is 7.90. The van der Waals surface area contributed by atoms with Crippen molar-refractivity contribution in [2.45, 2.75) is 0 Å². The summed E-state index contributed by atoms with van der Waals surface area (Å²) in [6.45, 7) is -0.0854. The van der Waals surface area contributed by atoms with Crippen molar-refractivity contribution in [1.82, 2.24) is 0 Å². The quantitative estimate of drug-likeness (QED) is 0.350. The molecule has 0 aliphatic rings. The molecule has 5 nitrogen and oxygen atoms in total. The highest BCUT2D eigenvalue weighted by molar-refractivity contribution is 5.91. The Labute approximate surface area is 52.7 Å². The van der Waals surface area contributed by atoms with Crippen LogP contribution in [-0.2, 0) is 9.53 Å². The Morgan fingerprint density at radius 2 is 2.22 bits per heavy atom. The van der Waals surface area contributed by atoms with Crippen molar-refractivity contribution >= 4 is 11.9 Å². The Balaban J connectivity index is 3.63. The number of nitrogens with two attached hydrogens (primary N) is 2. The standard InChI is InChI=1S/C4H9N3O2/c1-9-2-3(8)7-4(5)6/h2H2,1H3,(H4,5,6,7,8). The van der Waals surface area contributed by atoms with E-state index in [9.17, 15) is 4.79 Å². The van der Waals surface area contributed by atoms with E-state index in [0.29, 0.717) is 0 Å². The Morgan fingerprint density at radius 1 is 1.67 bits per heavy atom. The molecule has 5 heteroatoms. The van der Waals surface area contributed by atoms with Gasteiger partial charge in [0.05, 0.1) is 0 Å². The van der Waals surface area contributed by atoms with Crippen molar-refractivity contribution < 1.29 is 9.53 Å². The van der Waals surface area contributed by atoms with Crippen LogP contribution >= 0.6 is 0 Å². The molecule has 0 aromatic rings. The number of aliphatic imine (C=N–C) groups is 1. The van der Waals surface area contributed by atoms with Gasteiger partial charge in [0.2, 0.25) is 0 Å². The maximum absolute atomic E-state index is 10.4. The molecule has 0 aliphatic heterocycles. The smallest absolute Gasteiger partial charge is 0.274 e. The molecule has 0 radical (unpaired) electrons. The number of nitrogens with zero attached hydrogens (tertiary/aromatic N) is 1. The van der Waals surface area contributed by atoms with Crippen LogP contribution in [0.4, 0.5) is 0 Å². The molecule has 1 amide bonds. The summed E-state index contributed by atoms with van der Waals surface area (Å²) in [5.74, 6) is -0.713. The largest absolute Gasteiger partial charge is 0.375 e. The van der Waals surface area contributed by atoms with Crippen molar-refractivity contribution in [1.29, 1.82) is 0 Å². The topological polar surface area (TPSA) is 90.7 Å². The molecule has 0 bridgehead atoms. The molecule has 0 heterocycles. The normalized spacial score (nSPS) is 8.56. The van der Waals surface area contributed by atoms with E-state index in [0.717, 1.165) is 0 Å². The van der Waals surface area contributed by atoms with Crippen molar-refractivity contribution in [3.63, 3.8) is 0 Å². The molecule has 9 heavy (non-hydrogen) atoms. The maximum atomic E-state index is 10.4. The van der Waals surface area contributed by atoms with E-state index in [-0.39, 0.29) is 12.6 Å². The summed E-state index contributed by atoms with van der Waals surface area (Å²) in [4.78, 5) is 13.6. The Morgan fingerprint density at radius 3 is 2.56 bits per heavy atom. The fourth-order valence-corrected chi connectivity index (χ4v) is 0.300. The fourth-order valence-electron chi connectivity index (χ4n) is 0.300. The molecule has 4 N–H and O–H groups in total. The third-order valence-corrected chi connectivity index (χ3v) is 0.522. The van der Waals surface area contributed by atoms with Gasteiger partial charge in [0.1, 0.15) is 6.61 Å². The number of methoxy groups -OCH3 is 1. The number of carbonyl (C=O) groups excluding carboxylic acids is 1. The van der Waals surface area contributed by atoms with Crippen molar-refractivity contribution in [3.8, 4) is 0 Å². The van der Waals surface area contributed by atoms with Crippen LogP contribution in [0, 0.1) is 0 Å². The van der Waals surface area contributed by atoms with Gasteiger partial charge in [-0.25, -0.2) is 0 Å². The summed E-state index contributed by atoms with van der Waals surface area (Å²) in [5.41, 5.74) is 9.75. The number of guanidine groups is 1. The lowest BCUT2D eigenvalue weighted by Gasteiger charge is -1.90. The van der Waals surface area contributed by atoms with Crippen molar-refractivity contribution in [2.24, 2.45) is 16.5 Å². The summed E-state index contributed by atoms with van der Waals surface area (Å²) in [5, 5.41) is 0. The second-order valence-corrected chi connectivity index (χ2v) is 1.36. The van der Waals surface area contributed by atoms with Crippen LogP contribution in [0.2, 0.25) is 0 Å². The van der Waals surface area contributed by atoms with E-state index in [2.05, 4.69) is 9.73 Å².